The van der Waals surface area contributed by atoms with Crippen LogP contribution in [0.3, 0.4) is 0 Å². The summed E-state index contributed by atoms with van der Waals surface area (Å²) in [4.78, 5) is 8.53. The van der Waals surface area contributed by atoms with Crippen LogP contribution < -0.4 is 10.1 Å². The molecule has 4 heteroatoms. The Bertz CT molecular complexity index is 623. The van der Waals surface area contributed by atoms with E-state index >= 15 is 0 Å². The van der Waals surface area contributed by atoms with Gasteiger partial charge in [-0.3, -0.25) is 0 Å². The molecule has 0 aliphatic carbocycles. The van der Waals surface area contributed by atoms with Crippen molar-refractivity contribution >= 4 is 5.82 Å². The zero-order chi connectivity index (χ0) is 15.4. The molecule has 0 unspecified atom stereocenters. The Morgan fingerprint density at radius 2 is 2.00 bits per heavy atom. The molecule has 1 aromatic carbocycles. The molecular formula is C17H23N3O. The van der Waals surface area contributed by atoms with Gasteiger partial charge < -0.3 is 10.1 Å². The molecular weight excluding hydrogens is 262 g/mol. The molecule has 4 nitrogen and oxygen atoms in total. The zero-order valence-electron chi connectivity index (χ0n) is 13.4. The molecule has 0 bridgehead atoms. The van der Waals surface area contributed by atoms with E-state index in [4.69, 9.17) is 4.74 Å². The lowest BCUT2D eigenvalue weighted by molar-refractivity contribution is 0.451. The average Bonchev–Trinajstić information content (AvgIpc) is 2.48. The van der Waals surface area contributed by atoms with E-state index in [0.29, 0.717) is 11.8 Å². The molecule has 1 heterocycles. The van der Waals surface area contributed by atoms with Crippen molar-refractivity contribution in [2.24, 2.45) is 0 Å². The lowest BCUT2D eigenvalue weighted by atomic mass is 10.0. The van der Waals surface area contributed by atoms with Gasteiger partial charge in [0, 0.05) is 7.05 Å². The van der Waals surface area contributed by atoms with Crippen molar-refractivity contribution in [2.45, 2.75) is 40.0 Å². The molecule has 0 saturated heterocycles. The number of anilines is 1. The molecule has 0 saturated carbocycles. The van der Waals surface area contributed by atoms with E-state index in [1.54, 1.807) is 0 Å². The first-order valence-electron chi connectivity index (χ1n) is 7.36. The van der Waals surface area contributed by atoms with Crippen molar-refractivity contribution in [1.29, 1.82) is 0 Å². The summed E-state index contributed by atoms with van der Waals surface area (Å²) in [7, 11) is 1.86. The number of aromatic nitrogens is 2. The molecule has 0 aliphatic heterocycles. The molecule has 0 amide bonds. The Morgan fingerprint density at radius 1 is 1.24 bits per heavy atom. The Labute approximate surface area is 126 Å². The monoisotopic (exact) mass is 285 g/mol. The standard InChI is InChI=1S/C17H23N3O/c1-6-14-16(18-5)19-10-20-17(14)21-15-9-13(11(2)3)8-7-12(15)4/h7-11H,6H2,1-5H3,(H,18,19,20). The fourth-order valence-corrected chi connectivity index (χ4v) is 2.21. The van der Waals surface area contributed by atoms with Gasteiger partial charge in [0.15, 0.2) is 0 Å². The number of nitrogens with zero attached hydrogens (tertiary/aromatic N) is 2. The van der Waals surface area contributed by atoms with E-state index < -0.39 is 0 Å². The average molecular weight is 285 g/mol. The van der Waals surface area contributed by atoms with Crippen molar-refractivity contribution in [2.75, 3.05) is 12.4 Å². The lowest BCUT2D eigenvalue weighted by Gasteiger charge is -2.15. The van der Waals surface area contributed by atoms with Crippen LogP contribution in [0.15, 0.2) is 24.5 Å². The van der Waals surface area contributed by atoms with Crippen LogP contribution in [-0.2, 0) is 6.42 Å². The highest BCUT2D eigenvalue weighted by atomic mass is 16.5. The Balaban J connectivity index is 2.40. The van der Waals surface area contributed by atoms with Crippen molar-refractivity contribution in [3.05, 3.63) is 41.2 Å². The SMILES string of the molecule is CCc1c(NC)ncnc1Oc1cc(C(C)C)ccc1C. The summed E-state index contributed by atoms with van der Waals surface area (Å²) < 4.78 is 6.07. The summed E-state index contributed by atoms with van der Waals surface area (Å²) >= 11 is 0. The zero-order valence-corrected chi connectivity index (χ0v) is 13.4. The number of ether oxygens (including phenoxy) is 1. The van der Waals surface area contributed by atoms with E-state index in [0.717, 1.165) is 29.1 Å². The Hall–Kier alpha value is -2.10. The summed E-state index contributed by atoms with van der Waals surface area (Å²) in [6, 6.07) is 6.34. The molecule has 0 aliphatic rings. The number of nitrogens with one attached hydrogen (secondary N) is 1. The summed E-state index contributed by atoms with van der Waals surface area (Å²) in [5.41, 5.74) is 3.36. The summed E-state index contributed by atoms with van der Waals surface area (Å²) in [6.07, 6.45) is 2.34. The van der Waals surface area contributed by atoms with Crippen molar-refractivity contribution in [3.8, 4) is 11.6 Å². The number of rotatable bonds is 5. The summed E-state index contributed by atoms with van der Waals surface area (Å²) in [5, 5.41) is 3.09. The highest BCUT2D eigenvalue weighted by Gasteiger charge is 2.13. The summed E-state index contributed by atoms with van der Waals surface area (Å²) in [6.45, 7) is 8.47. The van der Waals surface area contributed by atoms with Gasteiger partial charge in [0.25, 0.3) is 0 Å². The van der Waals surface area contributed by atoms with Gasteiger partial charge in [-0.25, -0.2) is 9.97 Å². The van der Waals surface area contributed by atoms with Crippen LogP contribution >= 0.6 is 0 Å². The second kappa shape index (κ2) is 6.57. The normalized spacial score (nSPS) is 10.8. The van der Waals surface area contributed by atoms with Gasteiger partial charge in [-0.1, -0.05) is 32.9 Å². The Morgan fingerprint density at radius 3 is 2.62 bits per heavy atom. The quantitative estimate of drug-likeness (QED) is 0.889. The third-order valence-corrected chi connectivity index (χ3v) is 3.58. The van der Waals surface area contributed by atoms with Crippen LogP contribution in [0.4, 0.5) is 5.82 Å². The van der Waals surface area contributed by atoms with Gasteiger partial charge in [0.05, 0.1) is 5.56 Å². The first kappa shape index (κ1) is 15.3. The van der Waals surface area contributed by atoms with Crippen LogP contribution in [0, 0.1) is 6.92 Å². The molecule has 112 valence electrons. The van der Waals surface area contributed by atoms with E-state index in [1.807, 2.05) is 14.0 Å². The van der Waals surface area contributed by atoms with Crippen LogP contribution in [-0.4, -0.2) is 17.0 Å². The molecule has 21 heavy (non-hydrogen) atoms. The maximum Gasteiger partial charge on any atom is 0.227 e. The van der Waals surface area contributed by atoms with E-state index in [9.17, 15) is 0 Å². The minimum Gasteiger partial charge on any atom is -0.438 e. The molecule has 0 fully saturated rings. The predicted octanol–water partition coefficient (Wildman–Crippen LogP) is 4.30. The smallest absolute Gasteiger partial charge is 0.227 e. The maximum atomic E-state index is 6.07. The van der Waals surface area contributed by atoms with Gasteiger partial charge in [-0.2, -0.15) is 0 Å². The molecule has 0 radical (unpaired) electrons. The van der Waals surface area contributed by atoms with Crippen LogP contribution in [0.25, 0.3) is 0 Å². The second-order valence-electron chi connectivity index (χ2n) is 5.39. The van der Waals surface area contributed by atoms with Crippen LogP contribution in [0.5, 0.6) is 11.6 Å². The van der Waals surface area contributed by atoms with E-state index in [1.165, 1.54) is 11.9 Å². The first-order chi connectivity index (χ1) is 10.1. The van der Waals surface area contributed by atoms with Crippen molar-refractivity contribution in [3.63, 3.8) is 0 Å². The molecule has 0 atom stereocenters. The van der Waals surface area contributed by atoms with Gasteiger partial charge in [-0.15, -0.1) is 0 Å². The second-order valence-corrected chi connectivity index (χ2v) is 5.39. The van der Waals surface area contributed by atoms with Gasteiger partial charge in [0.2, 0.25) is 5.88 Å². The highest BCUT2D eigenvalue weighted by molar-refractivity contribution is 5.50. The number of benzene rings is 1. The van der Waals surface area contributed by atoms with Crippen LogP contribution in [0.1, 0.15) is 43.4 Å². The van der Waals surface area contributed by atoms with E-state index in [2.05, 4.69) is 54.3 Å². The van der Waals surface area contributed by atoms with Gasteiger partial charge in [0.1, 0.15) is 17.9 Å². The molecule has 0 spiro atoms. The molecule has 2 aromatic rings. The number of aryl methyl sites for hydroxylation is 1. The number of hydrogen-bond donors (Lipinski definition) is 1. The molecule has 2 rings (SSSR count). The summed E-state index contributed by atoms with van der Waals surface area (Å²) in [5.74, 6) is 2.77. The van der Waals surface area contributed by atoms with Crippen LogP contribution in [0.2, 0.25) is 0 Å². The highest BCUT2D eigenvalue weighted by Crippen LogP contribution is 2.31. The Kier molecular flexibility index (Phi) is 4.78. The third-order valence-electron chi connectivity index (χ3n) is 3.58. The maximum absolute atomic E-state index is 6.07. The van der Waals surface area contributed by atoms with Crippen molar-refractivity contribution in [1.82, 2.24) is 9.97 Å². The first-order valence-corrected chi connectivity index (χ1v) is 7.36. The lowest BCUT2D eigenvalue weighted by Crippen LogP contribution is -2.03. The predicted molar refractivity (Wildman–Crippen MR) is 86.3 cm³/mol. The fourth-order valence-electron chi connectivity index (χ4n) is 2.21. The fraction of sp³-hybridized carbons (Fsp3) is 0.412. The van der Waals surface area contributed by atoms with Crippen molar-refractivity contribution < 1.29 is 4.74 Å². The minimum absolute atomic E-state index is 0.469. The largest absolute Gasteiger partial charge is 0.438 e. The third kappa shape index (κ3) is 3.32. The number of hydrogen-bond acceptors (Lipinski definition) is 4. The minimum atomic E-state index is 0.469. The molecule has 1 aromatic heterocycles. The molecule has 1 N–H and O–H groups in total. The van der Waals surface area contributed by atoms with Gasteiger partial charge >= 0.3 is 0 Å². The van der Waals surface area contributed by atoms with Gasteiger partial charge in [-0.05, 0) is 36.5 Å². The topological polar surface area (TPSA) is 47.0 Å². The van der Waals surface area contributed by atoms with E-state index in [-0.39, 0.29) is 0 Å².